The van der Waals surface area contributed by atoms with E-state index >= 15 is 0 Å². The van der Waals surface area contributed by atoms with E-state index in [9.17, 15) is 0 Å². The van der Waals surface area contributed by atoms with Crippen molar-refractivity contribution >= 4 is 11.6 Å². The molecule has 0 aromatic heterocycles. The first-order chi connectivity index (χ1) is 7.86. The number of halogens is 1. The molecule has 0 heterocycles. The van der Waals surface area contributed by atoms with Crippen LogP contribution in [0.4, 0.5) is 0 Å². The van der Waals surface area contributed by atoms with E-state index in [-0.39, 0.29) is 5.41 Å². The molecule has 1 aromatic carbocycles. The molecule has 0 bridgehead atoms. The summed E-state index contributed by atoms with van der Waals surface area (Å²) in [6.45, 7) is 8.76. The molecule has 1 nitrogen and oxygen atoms in total. The molecule has 1 fully saturated rings. The molecule has 1 aromatic rings. The van der Waals surface area contributed by atoms with E-state index in [1.807, 2.05) is 0 Å². The molecular formula is C15H21ClO. The minimum absolute atomic E-state index is 0.118. The molecule has 0 spiro atoms. The fraction of sp³-hybridized carbons (Fsp3) is 0.600. The van der Waals surface area contributed by atoms with Gasteiger partial charge in [0.05, 0.1) is 0 Å². The molecule has 1 aliphatic carbocycles. The van der Waals surface area contributed by atoms with Crippen LogP contribution in [0.3, 0.4) is 0 Å². The number of alkyl halides is 1. The van der Waals surface area contributed by atoms with Crippen molar-refractivity contribution in [3.8, 4) is 5.75 Å². The van der Waals surface area contributed by atoms with Crippen molar-refractivity contribution in [2.75, 3.05) is 0 Å². The summed E-state index contributed by atoms with van der Waals surface area (Å²) in [6, 6.07) is 6.47. The highest BCUT2D eigenvalue weighted by atomic mass is 35.5. The van der Waals surface area contributed by atoms with E-state index in [2.05, 4.69) is 45.9 Å². The van der Waals surface area contributed by atoms with Crippen LogP contribution in [0.5, 0.6) is 5.75 Å². The molecule has 17 heavy (non-hydrogen) atoms. The summed E-state index contributed by atoms with van der Waals surface area (Å²) in [5.74, 6) is 1.03. The number of ether oxygens (including phenoxy) is 1. The SMILES string of the molecule is Cc1ccc(C(C)(C)C)c(OC2CC(Cl)C2)c1. The number of hydrogen-bond acceptors (Lipinski definition) is 1. The Labute approximate surface area is 109 Å². The quantitative estimate of drug-likeness (QED) is 0.707. The van der Waals surface area contributed by atoms with Crippen molar-refractivity contribution in [1.82, 2.24) is 0 Å². The number of benzene rings is 1. The van der Waals surface area contributed by atoms with Gasteiger partial charge in [-0.05, 0) is 29.5 Å². The molecule has 0 unspecified atom stereocenters. The highest BCUT2D eigenvalue weighted by Crippen LogP contribution is 2.36. The Morgan fingerprint density at radius 3 is 2.41 bits per heavy atom. The molecular weight excluding hydrogens is 232 g/mol. The van der Waals surface area contributed by atoms with Gasteiger partial charge in [0.2, 0.25) is 0 Å². The van der Waals surface area contributed by atoms with Crippen LogP contribution in [0.2, 0.25) is 0 Å². The van der Waals surface area contributed by atoms with Crippen LogP contribution >= 0.6 is 11.6 Å². The lowest BCUT2D eigenvalue weighted by atomic mass is 9.85. The fourth-order valence-corrected chi connectivity index (χ4v) is 2.52. The van der Waals surface area contributed by atoms with E-state index in [4.69, 9.17) is 16.3 Å². The average Bonchev–Trinajstić information content (AvgIpc) is 2.13. The molecule has 0 saturated heterocycles. The zero-order chi connectivity index (χ0) is 12.6. The molecule has 0 radical (unpaired) electrons. The largest absolute Gasteiger partial charge is 0.490 e. The third kappa shape index (κ3) is 2.95. The van der Waals surface area contributed by atoms with Crippen molar-refractivity contribution in [2.24, 2.45) is 0 Å². The van der Waals surface area contributed by atoms with E-state index in [0.29, 0.717) is 11.5 Å². The smallest absolute Gasteiger partial charge is 0.123 e. The molecule has 1 saturated carbocycles. The van der Waals surface area contributed by atoms with Gasteiger partial charge >= 0.3 is 0 Å². The standard InChI is InChI=1S/C15H21ClO/c1-10-5-6-13(15(2,3)4)14(7-10)17-12-8-11(16)9-12/h5-7,11-12H,8-9H2,1-4H3. The second-order valence-corrected chi connectivity index (χ2v) is 6.68. The summed E-state index contributed by atoms with van der Waals surface area (Å²) in [7, 11) is 0. The zero-order valence-electron chi connectivity index (χ0n) is 11.1. The summed E-state index contributed by atoms with van der Waals surface area (Å²) in [6.07, 6.45) is 2.25. The van der Waals surface area contributed by atoms with Crippen molar-refractivity contribution in [3.05, 3.63) is 29.3 Å². The van der Waals surface area contributed by atoms with Gasteiger partial charge < -0.3 is 4.74 Å². The summed E-state index contributed by atoms with van der Waals surface area (Å²) < 4.78 is 6.07. The summed E-state index contributed by atoms with van der Waals surface area (Å²) in [4.78, 5) is 0. The van der Waals surface area contributed by atoms with Crippen LogP contribution in [0.15, 0.2) is 18.2 Å². The Morgan fingerprint density at radius 2 is 1.88 bits per heavy atom. The van der Waals surface area contributed by atoms with Gasteiger partial charge in [-0.25, -0.2) is 0 Å². The maximum Gasteiger partial charge on any atom is 0.123 e. The third-order valence-corrected chi connectivity index (χ3v) is 3.63. The van der Waals surface area contributed by atoms with E-state index in [1.54, 1.807) is 0 Å². The minimum atomic E-state index is 0.118. The van der Waals surface area contributed by atoms with Crippen molar-refractivity contribution in [1.29, 1.82) is 0 Å². The monoisotopic (exact) mass is 252 g/mol. The lowest BCUT2D eigenvalue weighted by Gasteiger charge is -2.33. The highest BCUT2D eigenvalue weighted by Gasteiger charge is 2.30. The Balaban J connectivity index is 2.21. The molecule has 0 aliphatic heterocycles. The normalized spacial score (nSPS) is 24.3. The Bertz CT molecular complexity index is 400. The maximum absolute atomic E-state index is 6.07. The van der Waals surface area contributed by atoms with Gasteiger partial charge in [0.25, 0.3) is 0 Å². The molecule has 2 heteroatoms. The molecule has 0 atom stereocenters. The predicted molar refractivity (Wildman–Crippen MR) is 73.2 cm³/mol. The van der Waals surface area contributed by atoms with Crippen molar-refractivity contribution in [2.45, 2.75) is 57.4 Å². The lowest BCUT2D eigenvalue weighted by Crippen LogP contribution is -2.35. The van der Waals surface area contributed by atoms with Crippen LogP contribution in [0.1, 0.15) is 44.7 Å². The molecule has 0 N–H and O–H groups in total. The first-order valence-electron chi connectivity index (χ1n) is 6.28. The van der Waals surface area contributed by atoms with Crippen LogP contribution in [-0.2, 0) is 5.41 Å². The second kappa shape index (κ2) is 4.53. The molecule has 2 rings (SSSR count). The van der Waals surface area contributed by atoms with Gasteiger partial charge in [-0.15, -0.1) is 11.6 Å². The summed E-state index contributed by atoms with van der Waals surface area (Å²) in [5.41, 5.74) is 2.64. The first-order valence-corrected chi connectivity index (χ1v) is 6.72. The Kier molecular flexibility index (Phi) is 3.40. The van der Waals surface area contributed by atoms with E-state index in [0.717, 1.165) is 18.6 Å². The van der Waals surface area contributed by atoms with Crippen molar-refractivity contribution < 1.29 is 4.74 Å². The number of aryl methyl sites for hydroxylation is 1. The van der Waals surface area contributed by atoms with Gasteiger partial charge in [0, 0.05) is 18.2 Å². The van der Waals surface area contributed by atoms with Gasteiger partial charge in [-0.2, -0.15) is 0 Å². The minimum Gasteiger partial charge on any atom is -0.490 e. The molecule has 94 valence electrons. The average molecular weight is 253 g/mol. The van der Waals surface area contributed by atoms with Gasteiger partial charge in [0.15, 0.2) is 0 Å². The summed E-state index contributed by atoms with van der Waals surface area (Å²) >= 11 is 5.99. The van der Waals surface area contributed by atoms with Gasteiger partial charge in [-0.3, -0.25) is 0 Å². The lowest BCUT2D eigenvalue weighted by molar-refractivity contribution is 0.121. The fourth-order valence-electron chi connectivity index (χ4n) is 2.12. The maximum atomic E-state index is 6.07. The van der Waals surface area contributed by atoms with Gasteiger partial charge in [0.1, 0.15) is 11.9 Å². The van der Waals surface area contributed by atoms with Crippen LogP contribution in [0.25, 0.3) is 0 Å². The van der Waals surface area contributed by atoms with Crippen molar-refractivity contribution in [3.63, 3.8) is 0 Å². The van der Waals surface area contributed by atoms with E-state index < -0.39 is 0 Å². The second-order valence-electron chi connectivity index (χ2n) is 6.06. The van der Waals surface area contributed by atoms with Crippen LogP contribution in [0, 0.1) is 6.92 Å². The topological polar surface area (TPSA) is 9.23 Å². The first kappa shape index (κ1) is 12.8. The number of hydrogen-bond donors (Lipinski definition) is 0. The predicted octanol–water partition coefficient (Wildman–Crippen LogP) is 4.44. The number of rotatable bonds is 2. The Hall–Kier alpha value is -0.690. The van der Waals surface area contributed by atoms with Gasteiger partial charge in [-0.1, -0.05) is 32.9 Å². The van der Waals surface area contributed by atoms with Crippen LogP contribution < -0.4 is 4.74 Å². The summed E-state index contributed by atoms with van der Waals surface area (Å²) in [5, 5.41) is 0.308. The Morgan fingerprint density at radius 1 is 1.24 bits per heavy atom. The molecule has 1 aliphatic rings. The third-order valence-electron chi connectivity index (χ3n) is 3.28. The van der Waals surface area contributed by atoms with E-state index in [1.165, 1.54) is 11.1 Å². The highest BCUT2D eigenvalue weighted by molar-refractivity contribution is 6.21. The molecule has 0 amide bonds. The zero-order valence-corrected chi connectivity index (χ0v) is 11.8. The van der Waals surface area contributed by atoms with Crippen LogP contribution in [-0.4, -0.2) is 11.5 Å².